The average molecular weight is 431 g/mol. The number of unbranched alkanes of at least 4 members (excludes halogenated alkanes) is 1. The predicted octanol–water partition coefficient (Wildman–Crippen LogP) is 4.85. The molecular weight excluding hydrogens is 400 g/mol. The van der Waals surface area contributed by atoms with Gasteiger partial charge in [0, 0.05) is 17.0 Å². The number of thioether (sulfide) groups is 1. The van der Waals surface area contributed by atoms with Crippen molar-refractivity contribution in [3.05, 3.63) is 35.0 Å². The number of Topliss-reactive ketones (excluding diaryl/α,β-unsaturated/α-hetero) is 1. The monoisotopic (exact) mass is 430 g/mol. The highest BCUT2D eigenvalue weighted by Gasteiger charge is 2.33. The molecule has 1 aromatic heterocycles. The number of hydrogen-bond donors (Lipinski definition) is 1. The fourth-order valence-electron chi connectivity index (χ4n) is 3.45. The van der Waals surface area contributed by atoms with Crippen molar-refractivity contribution >= 4 is 23.5 Å². The summed E-state index contributed by atoms with van der Waals surface area (Å²) in [5.41, 5.74) is 2.36. The van der Waals surface area contributed by atoms with Crippen LogP contribution in [-0.2, 0) is 4.79 Å². The van der Waals surface area contributed by atoms with Crippen molar-refractivity contribution in [2.75, 3.05) is 24.8 Å². The van der Waals surface area contributed by atoms with Gasteiger partial charge in [0.25, 0.3) is 0 Å². The Balaban J connectivity index is 2.03. The van der Waals surface area contributed by atoms with Crippen LogP contribution in [-0.4, -0.2) is 40.0 Å². The molecule has 1 aliphatic heterocycles. The minimum absolute atomic E-state index is 0.00314. The lowest BCUT2D eigenvalue weighted by Gasteiger charge is -2.28. The number of fused-ring (bicyclic) bond motifs is 1. The first-order chi connectivity index (χ1) is 14.5. The van der Waals surface area contributed by atoms with Crippen LogP contribution < -0.4 is 14.8 Å². The summed E-state index contributed by atoms with van der Waals surface area (Å²) in [7, 11) is 1.62. The molecule has 0 amide bonds. The minimum atomic E-state index is -0.374. The van der Waals surface area contributed by atoms with Gasteiger partial charge in [-0.3, -0.25) is 4.79 Å². The zero-order valence-corrected chi connectivity index (χ0v) is 19.1. The van der Waals surface area contributed by atoms with E-state index in [-0.39, 0.29) is 11.8 Å². The fraction of sp³-hybridized carbons (Fsp3) is 0.500. The Hall–Kier alpha value is -2.48. The summed E-state index contributed by atoms with van der Waals surface area (Å²) in [6, 6.07) is 5.41. The maximum atomic E-state index is 12.6. The van der Waals surface area contributed by atoms with Crippen LogP contribution in [0, 0.1) is 0 Å². The van der Waals surface area contributed by atoms with Gasteiger partial charge in [-0.05, 0) is 44.4 Å². The van der Waals surface area contributed by atoms with Crippen molar-refractivity contribution in [1.82, 2.24) is 14.8 Å². The van der Waals surface area contributed by atoms with Crippen LogP contribution in [0.25, 0.3) is 0 Å². The first-order valence-electron chi connectivity index (χ1n) is 10.4. The molecule has 3 rings (SSSR count). The van der Waals surface area contributed by atoms with Gasteiger partial charge in [0.2, 0.25) is 11.1 Å². The van der Waals surface area contributed by atoms with Crippen LogP contribution in [0.3, 0.4) is 0 Å². The van der Waals surface area contributed by atoms with Crippen molar-refractivity contribution in [2.24, 2.45) is 0 Å². The molecule has 1 unspecified atom stereocenters. The Morgan fingerprint density at radius 2 is 2.07 bits per heavy atom. The highest BCUT2D eigenvalue weighted by atomic mass is 32.2. The Bertz CT molecular complexity index is 938. The van der Waals surface area contributed by atoms with Crippen LogP contribution in [0.5, 0.6) is 11.5 Å². The second kappa shape index (κ2) is 10.0. The number of ether oxygens (including phenoxy) is 2. The summed E-state index contributed by atoms with van der Waals surface area (Å²) in [5, 5.41) is 8.68. The fourth-order valence-corrected chi connectivity index (χ4v) is 4.36. The van der Waals surface area contributed by atoms with E-state index in [1.807, 2.05) is 25.1 Å². The van der Waals surface area contributed by atoms with Gasteiger partial charge < -0.3 is 14.8 Å². The van der Waals surface area contributed by atoms with E-state index in [1.54, 1.807) is 30.5 Å². The molecule has 7 nitrogen and oxygen atoms in total. The number of rotatable bonds is 10. The first kappa shape index (κ1) is 22.2. The maximum absolute atomic E-state index is 12.6. The van der Waals surface area contributed by atoms with Gasteiger partial charge in [0.1, 0.15) is 6.04 Å². The Kier molecular flexibility index (Phi) is 7.42. The number of anilines is 1. The zero-order chi connectivity index (χ0) is 21.7. The normalized spacial score (nSPS) is 15.6. The molecule has 30 heavy (non-hydrogen) atoms. The van der Waals surface area contributed by atoms with Gasteiger partial charge >= 0.3 is 0 Å². The number of carbonyl (C=O) groups excluding carboxylic acids is 1. The van der Waals surface area contributed by atoms with E-state index in [9.17, 15) is 4.79 Å². The van der Waals surface area contributed by atoms with Gasteiger partial charge in [-0.15, -0.1) is 5.10 Å². The standard InChI is InChI=1S/C22H30N4O3S/c1-6-8-12-30-22-24-21-23-14(3)19(15(4)27)20(26(21)25-22)16-9-10-17(29-11-7-2)18(13-16)28-5/h9-10,13,20H,6-8,11-12H2,1-5H3,(H,23,24,25). The minimum Gasteiger partial charge on any atom is -0.493 e. The van der Waals surface area contributed by atoms with E-state index >= 15 is 0 Å². The third kappa shape index (κ3) is 4.64. The maximum Gasteiger partial charge on any atom is 0.227 e. The topological polar surface area (TPSA) is 78.3 Å². The molecule has 1 aromatic carbocycles. The van der Waals surface area contributed by atoms with E-state index in [2.05, 4.69) is 24.1 Å². The number of allylic oxidation sites excluding steroid dienone is 2. The Morgan fingerprint density at radius 1 is 1.27 bits per heavy atom. The third-order valence-electron chi connectivity index (χ3n) is 4.91. The van der Waals surface area contributed by atoms with Crippen molar-refractivity contribution in [1.29, 1.82) is 0 Å². The number of aromatic nitrogens is 3. The first-order valence-corrected chi connectivity index (χ1v) is 11.4. The van der Waals surface area contributed by atoms with Gasteiger partial charge in [0.15, 0.2) is 17.3 Å². The van der Waals surface area contributed by atoms with Crippen molar-refractivity contribution in [3.63, 3.8) is 0 Å². The molecule has 2 heterocycles. The number of nitrogens with one attached hydrogen (secondary N) is 1. The summed E-state index contributed by atoms with van der Waals surface area (Å²) in [6.07, 6.45) is 3.15. The number of carbonyl (C=O) groups is 1. The number of benzene rings is 1. The van der Waals surface area contributed by atoms with Crippen molar-refractivity contribution in [2.45, 2.75) is 58.2 Å². The summed E-state index contributed by atoms with van der Waals surface area (Å²) in [6.45, 7) is 8.33. The quantitative estimate of drug-likeness (QED) is 0.426. The van der Waals surface area contributed by atoms with Gasteiger partial charge in [-0.2, -0.15) is 4.98 Å². The molecule has 0 bridgehead atoms. The zero-order valence-electron chi connectivity index (χ0n) is 18.3. The molecule has 2 aromatic rings. The summed E-state index contributed by atoms with van der Waals surface area (Å²) >= 11 is 1.63. The molecule has 0 saturated carbocycles. The molecule has 0 saturated heterocycles. The Labute approximate surface area is 182 Å². The molecule has 1 atom stereocenters. The molecule has 0 fully saturated rings. The second-order valence-corrected chi connectivity index (χ2v) is 8.31. The SMILES string of the molecule is CCCCSc1nc2n(n1)C(c1ccc(OCCC)c(OC)c1)C(C(C)=O)=C(C)N2. The predicted molar refractivity (Wildman–Crippen MR) is 120 cm³/mol. The number of methoxy groups -OCH3 is 1. The van der Waals surface area contributed by atoms with Crippen LogP contribution in [0.15, 0.2) is 34.6 Å². The number of ketones is 1. The van der Waals surface area contributed by atoms with Gasteiger partial charge in [-0.25, -0.2) is 4.68 Å². The Morgan fingerprint density at radius 3 is 2.73 bits per heavy atom. The number of nitrogens with zero attached hydrogens (tertiary/aromatic N) is 3. The van der Waals surface area contributed by atoms with Crippen LogP contribution >= 0.6 is 11.8 Å². The molecule has 162 valence electrons. The van der Waals surface area contributed by atoms with Crippen LogP contribution in [0.2, 0.25) is 0 Å². The molecule has 0 radical (unpaired) electrons. The lowest BCUT2D eigenvalue weighted by atomic mass is 9.93. The smallest absolute Gasteiger partial charge is 0.227 e. The van der Waals surface area contributed by atoms with Gasteiger partial charge in [0.05, 0.1) is 13.7 Å². The van der Waals surface area contributed by atoms with Crippen molar-refractivity contribution < 1.29 is 14.3 Å². The average Bonchev–Trinajstić information content (AvgIpc) is 3.13. The second-order valence-electron chi connectivity index (χ2n) is 7.25. The van der Waals surface area contributed by atoms with E-state index in [4.69, 9.17) is 14.6 Å². The lowest BCUT2D eigenvalue weighted by molar-refractivity contribution is -0.114. The summed E-state index contributed by atoms with van der Waals surface area (Å²) < 4.78 is 13.2. The molecule has 0 aliphatic carbocycles. The largest absolute Gasteiger partial charge is 0.493 e. The molecule has 8 heteroatoms. The van der Waals surface area contributed by atoms with Gasteiger partial charge in [-0.1, -0.05) is 38.1 Å². The number of hydrogen-bond acceptors (Lipinski definition) is 7. The highest BCUT2D eigenvalue weighted by Crippen LogP contribution is 2.39. The van der Waals surface area contributed by atoms with Crippen LogP contribution in [0.4, 0.5) is 5.95 Å². The van der Waals surface area contributed by atoms with E-state index < -0.39 is 0 Å². The molecular formula is C22H30N4O3S. The molecule has 1 aliphatic rings. The van der Waals surface area contributed by atoms with E-state index in [0.717, 1.165) is 36.3 Å². The van der Waals surface area contributed by atoms with E-state index in [1.165, 1.54) is 0 Å². The summed E-state index contributed by atoms with van der Waals surface area (Å²) in [4.78, 5) is 17.2. The van der Waals surface area contributed by atoms with E-state index in [0.29, 0.717) is 34.8 Å². The van der Waals surface area contributed by atoms with Crippen LogP contribution in [0.1, 0.15) is 58.6 Å². The third-order valence-corrected chi connectivity index (χ3v) is 5.83. The lowest BCUT2D eigenvalue weighted by Crippen LogP contribution is -2.27. The molecule has 0 spiro atoms. The van der Waals surface area contributed by atoms with Crippen molar-refractivity contribution in [3.8, 4) is 11.5 Å². The molecule has 1 N–H and O–H groups in total. The summed E-state index contributed by atoms with van der Waals surface area (Å²) in [5.74, 6) is 2.94. The highest BCUT2D eigenvalue weighted by molar-refractivity contribution is 7.99.